The monoisotopic (exact) mass is 257 g/mol. The van der Waals surface area contributed by atoms with Crippen molar-refractivity contribution in [3.63, 3.8) is 0 Å². The van der Waals surface area contributed by atoms with E-state index in [1.807, 2.05) is 13.8 Å². The number of likely N-dealkylation sites (N-methyl/N-ethyl adjacent to an activating group) is 1. The molecule has 0 aromatic rings. The van der Waals surface area contributed by atoms with E-state index in [1.54, 1.807) is 7.05 Å². The Kier molecular flexibility index (Phi) is 8.37. The predicted octanol–water partition coefficient (Wildman–Crippen LogP) is 0.735. The summed E-state index contributed by atoms with van der Waals surface area (Å²) in [5, 5.41) is 2.76. The Hall–Kier alpha value is -1.10. The zero-order valence-corrected chi connectivity index (χ0v) is 12.0. The van der Waals surface area contributed by atoms with Crippen molar-refractivity contribution in [1.29, 1.82) is 0 Å². The minimum Gasteiger partial charge on any atom is -0.352 e. The van der Waals surface area contributed by atoms with E-state index in [0.29, 0.717) is 18.9 Å². The summed E-state index contributed by atoms with van der Waals surface area (Å²) in [4.78, 5) is 24.8. The van der Waals surface area contributed by atoms with E-state index in [9.17, 15) is 9.59 Å². The van der Waals surface area contributed by atoms with Gasteiger partial charge >= 0.3 is 0 Å². The lowest BCUT2D eigenvalue weighted by molar-refractivity contribution is -0.135. The molecule has 1 unspecified atom stereocenters. The molecular formula is C13H27N3O2. The molecule has 0 aliphatic rings. The second kappa shape index (κ2) is 8.91. The Morgan fingerprint density at radius 3 is 2.33 bits per heavy atom. The first-order valence-corrected chi connectivity index (χ1v) is 6.60. The van der Waals surface area contributed by atoms with Crippen LogP contribution in [-0.4, -0.2) is 42.9 Å². The summed E-state index contributed by atoms with van der Waals surface area (Å²) in [5.41, 5.74) is 5.46. The summed E-state index contributed by atoms with van der Waals surface area (Å²) in [5.74, 6) is 0.352. The molecule has 18 heavy (non-hydrogen) atoms. The van der Waals surface area contributed by atoms with Crippen LogP contribution in [0, 0.1) is 5.92 Å². The van der Waals surface area contributed by atoms with E-state index in [0.717, 1.165) is 12.8 Å². The number of hydrogen-bond acceptors (Lipinski definition) is 3. The number of rotatable bonds is 8. The van der Waals surface area contributed by atoms with Crippen molar-refractivity contribution in [3.05, 3.63) is 0 Å². The number of nitrogens with one attached hydrogen (secondary N) is 1. The fourth-order valence-electron chi connectivity index (χ4n) is 1.66. The summed E-state index contributed by atoms with van der Waals surface area (Å²) in [7, 11) is 1.66. The van der Waals surface area contributed by atoms with Crippen LogP contribution in [0.3, 0.4) is 0 Å². The van der Waals surface area contributed by atoms with Crippen LogP contribution in [0.2, 0.25) is 0 Å². The molecule has 0 fully saturated rings. The second-order valence-electron chi connectivity index (χ2n) is 5.19. The van der Waals surface area contributed by atoms with E-state index in [-0.39, 0.29) is 24.4 Å². The van der Waals surface area contributed by atoms with Crippen molar-refractivity contribution in [2.24, 2.45) is 11.7 Å². The highest BCUT2D eigenvalue weighted by Crippen LogP contribution is 2.10. The molecule has 0 aliphatic heterocycles. The Morgan fingerprint density at radius 2 is 1.83 bits per heavy atom. The maximum Gasteiger partial charge on any atom is 0.239 e. The molecule has 0 aromatic heterocycles. The molecule has 2 amide bonds. The van der Waals surface area contributed by atoms with Crippen molar-refractivity contribution < 1.29 is 9.59 Å². The number of nitrogens with two attached hydrogens (primary N) is 1. The Labute approximate surface area is 110 Å². The minimum atomic E-state index is -0.115. The summed E-state index contributed by atoms with van der Waals surface area (Å²) in [6, 6.07) is 0.102. The highest BCUT2D eigenvalue weighted by atomic mass is 16.2. The van der Waals surface area contributed by atoms with E-state index < -0.39 is 0 Å². The maximum absolute atomic E-state index is 11.8. The fourth-order valence-corrected chi connectivity index (χ4v) is 1.66. The fraction of sp³-hybridized carbons (Fsp3) is 0.846. The van der Waals surface area contributed by atoms with Crippen molar-refractivity contribution in [2.45, 2.75) is 46.1 Å². The third-order valence-corrected chi connectivity index (χ3v) is 2.77. The molecule has 0 aromatic carbocycles. The third kappa shape index (κ3) is 8.06. The first-order valence-electron chi connectivity index (χ1n) is 6.60. The smallest absolute Gasteiger partial charge is 0.239 e. The highest BCUT2D eigenvalue weighted by Gasteiger charge is 2.14. The van der Waals surface area contributed by atoms with Gasteiger partial charge in [-0.25, -0.2) is 0 Å². The van der Waals surface area contributed by atoms with Crippen molar-refractivity contribution >= 4 is 11.8 Å². The summed E-state index contributed by atoms with van der Waals surface area (Å²) in [6.45, 7) is 6.67. The number of hydrogen-bond donors (Lipinski definition) is 2. The predicted molar refractivity (Wildman–Crippen MR) is 73.0 cm³/mol. The largest absolute Gasteiger partial charge is 0.352 e. The van der Waals surface area contributed by atoms with Gasteiger partial charge in [-0.15, -0.1) is 0 Å². The van der Waals surface area contributed by atoms with Crippen LogP contribution in [0.4, 0.5) is 0 Å². The van der Waals surface area contributed by atoms with Gasteiger partial charge in [-0.2, -0.15) is 0 Å². The molecule has 0 rings (SSSR count). The van der Waals surface area contributed by atoms with Crippen LogP contribution in [0.5, 0.6) is 0 Å². The highest BCUT2D eigenvalue weighted by molar-refractivity contribution is 5.84. The van der Waals surface area contributed by atoms with Crippen LogP contribution in [0.1, 0.15) is 40.0 Å². The molecule has 0 saturated carbocycles. The maximum atomic E-state index is 11.8. The molecule has 106 valence electrons. The molecule has 0 heterocycles. The van der Waals surface area contributed by atoms with Gasteiger partial charge in [0.2, 0.25) is 11.8 Å². The first kappa shape index (κ1) is 16.9. The Bertz CT molecular complexity index is 267. The van der Waals surface area contributed by atoms with E-state index in [2.05, 4.69) is 12.2 Å². The van der Waals surface area contributed by atoms with Crippen LogP contribution in [0.15, 0.2) is 0 Å². The molecule has 5 heteroatoms. The zero-order chi connectivity index (χ0) is 14.1. The van der Waals surface area contributed by atoms with E-state index >= 15 is 0 Å². The Balaban J connectivity index is 3.92. The quantitative estimate of drug-likeness (QED) is 0.673. The van der Waals surface area contributed by atoms with Crippen LogP contribution in [0.25, 0.3) is 0 Å². The molecule has 0 radical (unpaired) electrons. The van der Waals surface area contributed by atoms with E-state index in [1.165, 1.54) is 4.90 Å². The normalized spacial score (nSPS) is 12.3. The van der Waals surface area contributed by atoms with E-state index in [4.69, 9.17) is 5.73 Å². The third-order valence-electron chi connectivity index (χ3n) is 2.77. The SMILES string of the molecule is CC(CCN)CCC(=O)N(C)CC(=O)NC(C)C. The van der Waals surface area contributed by atoms with Gasteiger partial charge in [-0.1, -0.05) is 6.92 Å². The molecule has 0 saturated heterocycles. The molecule has 1 atom stereocenters. The van der Waals surface area contributed by atoms with Gasteiger partial charge in [-0.3, -0.25) is 9.59 Å². The van der Waals surface area contributed by atoms with Gasteiger partial charge in [-0.05, 0) is 39.2 Å². The zero-order valence-electron chi connectivity index (χ0n) is 12.0. The lowest BCUT2D eigenvalue weighted by Gasteiger charge is -2.18. The number of carbonyl (C=O) groups excluding carboxylic acids is 2. The van der Waals surface area contributed by atoms with Crippen molar-refractivity contribution in [1.82, 2.24) is 10.2 Å². The lowest BCUT2D eigenvalue weighted by Crippen LogP contribution is -2.40. The van der Waals surface area contributed by atoms with Gasteiger partial charge < -0.3 is 16.0 Å². The van der Waals surface area contributed by atoms with Crippen molar-refractivity contribution in [3.8, 4) is 0 Å². The number of carbonyl (C=O) groups is 2. The van der Waals surface area contributed by atoms with Crippen LogP contribution >= 0.6 is 0 Å². The first-order chi connectivity index (χ1) is 8.36. The van der Waals surface area contributed by atoms with Crippen LogP contribution in [-0.2, 0) is 9.59 Å². The molecule has 3 N–H and O–H groups in total. The molecular weight excluding hydrogens is 230 g/mol. The molecule has 0 aliphatic carbocycles. The average Bonchev–Trinajstić information content (AvgIpc) is 2.24. The second-order valence-corrected chi connectivity index (χ2v) is 5.19. The standard InChI is InChI=1S/C13H27N3O2/c1-10(2)15-12(17)9-16(4)13(18)6-5-11(3)7-8-14/h10-11H,5-9,14H2,1-4H3,(H,15,17). The van der Waals surface area contributed by atoms with Gasteiger partial charge in [0.15, 0.2) is 0 Å². The van der Waals surface area contributed by atoms with Crippen molar-refractivity contribution in [2.75, 3.05) is 20.1 Å². The average molecular weight is 257 g/mol. The summed E-state index contributed by atoms with van der Waals surface area (Å²) >= 11 is 0. The summed E-state index contributed by atoms with van der Waals surface area (Å²) < 4.78 is 0. The van der Waals surface area contributed by atoms with Gasteiger partial charge in [0.05, 0.1) is 6.54 Å². The minimum absolute atomic E-state index is 0.0118. The molecule has 0 spiro atoms. The van der Waals surface area contributed by atoms with Crippen LogP contribution < -0.4 is 11.1 Å². The van der Waals surface area contributed by atoms with Gasteiger partial charge in [0, 0.05) is 19.5 Å². The number of amides is 2. The van der Waals surface area contributed by atoms with Gasteiger partial charge in [0.25, 0.3) is 0 Å². The topological polar surface area (TPSA) is 75.4 Å². The summed E-state index contributed by atoms with van der Waals surface area (Å²) in [6.07, 6.45) is 2.24. The molecule has 0 bridgehead atoms. The van der Waals surface area contributed by atoms with Gasteiger partial charge in [0.1, 0.15) is 0 Å². The Morgan fingerprint density at radius 1 is 1.22 bits per heavy atom. The lowest BCUT2D eigenvalue weighted by atomic mass is 10.0. The number of nitrogens with zero attached hydrogens (tertiary/aromatic N) is 1. The molecule has 5 nitrogen and oxygen atoms in total.